The molecule has 0 aliphatic carbocycles. The van der Waals surface area contributed by atoms with Gasteiger partial charge in [-0.1, -0.05) is 0 Å². The lowest BCUT2D eigenvalue weighted by atomic mass is 10.1. The van der Waals surface area contributed by atoms with Gasteiger partial charge in [0.25, 0.3) is 0 Å². The first kappa shape index (κ1) is 25.1. The van der Waals surface area contributed by atoms with Crippen LogP contribution in [0.15, 0.2) is 23.3 Å². The number of guanidine groups is 1. The van der Waals surface area contributed by atoms with E-state index in [-0.39, 0.29) is 24.0 Å². The largest absolute Gasteiger partial charge is 0.376 e. The van der Waals surface area contributed by atoms with Crippen molar-refractivity contribution in [1.29, 1.82) is 0 Å². The molecule has 3 heterocycles. The molecule has 3 rings (SSSR count). The molecule has 2 aliphatic rings. The quantitative estimate of drug-likeness (QED) is 0.331. The first-order valence-corrected chi connectivity index (χ1v) is 11.0. The average Bonchev–Trinajstić information content (AvgIpc) is 2.76. The molecule has 1 unspecified atom stereocenters. The highest BCUT2D eigenvalue weighted by molar-refractivity contribution is 14.0. The van der Waals surface area contributed by atoms with E-state index in [0.717, 1.165) is 63.9 Å². The second kappa shape index (κ2) is 13.3. The summed E-state index contributed by atoms with van der Waals surface area (Å²) in [5, 5.41) is 3.45. The Labute approximate surface area is 198 Å². The van der Waals surface area contributed by atoms with Gasteiger partial charge in [-0.15, -0.1) is 24.0 Å². The van der Waals surface area contributed by atoms with Gasteiger partial charge in [0.1, 0.15) is 5.82 Å². The number of ether oxygens (including phenoxy) is 2. The fraction of sp³-hybridized carbons (Fsp3) is 0.727. The molecule has 1 atom stereocenters. The summed E-state index contributed by atoms with van der Waals surface area (Å²) in [6, 6.07) is 4.13. The van der Waals surface area contributed by atoms with Gasteiger partial charge in [-0.25, -0.2) is 9.98 Å². The molecule has 0 spiro atoms. The summed E-state index contributed by atoms with van der Waals surface area (Å²) in [5.41, 5.74) is 1.17. The third-order valence-corrected chi connectivity index (χ3v) is 5.55. The monoisotopic (exact) mass is 531 g/mol. The van der Waals surface area contributed by atoms with E-state index in [0.29, 0.717) is 18.8 Å². The van der Waals surface area contributed by atoms with E-state index in [4.69, 9.17) is 14.5 Å². The van der Waals surface area contributed by atoms with Gasteiger partial charge in [0, 0.05) is 46.5 Å². The Kier molecular flexibility index (Phi) is 11.2. The first-order valence-electron chi connectivity index (χ1n) is 11.0. The zero-order valence-corrected chi connectivity index (χ0v) is 21.0. The van der Waals surface area contributed by atoms with E-state index in [9.17, 15) is 0 Å². The fourth-order valence-corrected chi connectivity index (χ4v) is 3.81. The summed E-state index contributed by atoms with van der Waals surface area (Å²) in [7, 11) is 4.01. The number of pyridine rings is 1. The highest BCUT2D eigenvalue weighted by atomic mass is 127. The molecule has 7 nitrogen and oxygen atoms in total. The number of hydrogen-bond acceptors (Lipinski definition) is 5. The van der Waals surface area contributed by atoms with E-state index in [1.165, 1.54) is 18.4 Å². The summed E-state index contributed by atoms with van der Waals surface area (Å²) in [5.74, 6) is 1.95. The van der Waals surface area contributed by atoms with Crippen LogP contribution in [-0.4, -0.2) is 75.0 Å². The van der Waals surface area contributed by atoms with Gasteiger partial charge in [0.15, 0.2) is 5.96 Å². The van der Waals surface area contributed by atoms with Gasteiger partial charge < -0.3 is 24.6 Å². The zero-order valence-electron chi connectivity index (χ0n) is 18.7. The summed E-state index contributed by atoms with van der Waals surface area (Å²) in [6.07, 6.45) is 8.16. The Morgan fingerprint density at radius 3 is 2.77 bits per heavy atom. The predicted octanol–water partition coefficient (Wildman–Crippen LogP) is 3.28. The van der Waals surface area contributed by atoms with Gasteiger partial charge >= 0.3 is 0 Å². The summed E-state index contributed by atoms with van der Waals surface area (Å²) in [4.78, 5) is 13.6. The Morgan fingerprint density at radius 1 is 1.30 bits per heavy atom. The molecule has 8 heteroatoms. The number of halogens is 1. The van der Waals surface area contributed by atoms with Gasteiger partial charge in [-0.2, -0.15) is 0 Å². The zero-order chi connectivity index (χ0) is 20.5. The van der Waals surface area contributed by atoms with Crippen molar-refractivity contribution in [1.82, 2.24) is 15.2 Å². The molecule has 170 valence electrons. The molecule has 0 aromatic carbocycles. The lowest BCUT2D eigenvalue weighted by Gasteiger charge is -2.35. The number of piperidine rings is 1. The van der Waals surface area contributed by atoms with Crippen molar-refractivity contribution in [2.75, 3.05) is 51.8 Å². The van der Waals surface area contributed by atoms with E-state index < -0.39 is 0 Å². The van der Waals surface area contributed by atoms with E-state index in [1.807, 2.05) is 31.3 Å². The summed E-state index contributed by atoms with van der Waals surface area (Å²) in [6.45, 7) is 7.22. The molecule has 2 saturated heterocycles. The molecular formula is C22H38IN5O2. The SMILES string of the molecule is CCNC(=NCc1ccnc(N(C)C)c1)N1CCC(OCC2CCCCO2)CC1.I. The first-order chi connectivity index (χ1) is 14.2. The normalized spacial score (nSPS) is 20.6. The van der Waals surface area contributed by atoms with Crippen molar-refractivity contribution in [2.24, 2.45) is 4.99 Å². The predicted molar refractivity (Wildman–Crippen MR) is 133 cm³/mol. The Morgan fingerprint density at radius 2 is 2.10 bits per heavy atom. The van der Waals surface area contributed by atoms with Crippen molar-refractivity contribution in [2.45, 2.75) is 57.8 Å². The van der Waals surface area contributed by atoms with E-state index in [1.54, 1.807) is 0 Å². The minimum absolute atomic E-state index is 0. The van der Waals surface area contributed by atoms with Gasteiger partial charge in [-0.05, 0) is 56.7 Å². The molecule has 1 aromatic rings. The van der Waals surface area contributed by atoms with Crippen LogP contribution in [0, 0.1) is 0 Å². The molecule has 0 radical (unpaired) electrons. The van der Waals surface area contributed by atoms with Crippen LogP contribution in [0.2, 0.25) is 0 Å². The second-order valence-electron chi connectivity index (χ2n) is 8.10. The standard InChI is InChI=1S/C22H37N5O2.HI/c1-4-23-22(25-16-18-8-11-24-21(15-18)26(2)3)27-12-9-19(10-13-27)29-17-20-7-5-6-14-28-20;/h8,11,15,19-20H,4-7,9-10,12-14,16-17H2,1-3H3,(H,23,25);1H. The Hall–Kier alpha value is -1.13. The molecule has 0 saturated carbocycles. The van der Waals surface area contributed by atoms with Crippen molar-refractivity contribution < 1.29 is 9.47 Å². The van der Waals surface area contributed by atoms with E-state index in [2.05, 4.69) is 28.2 Å². The third-order valence-electron chi connectivity index (χ3n) is 5.55. The molecule has 0 amide bonds. The fourth-order valence-electron chi connectivity index (χ4n) is 3.81. The molecular weight excluding hydrogens is 493 g/mol. The van der Waals surface area contributed by atoms with Crippen molar-refractivity contribution in [3.8, 4) is 0 Å². The third kappa shape index (κ3) is 7.85. The Bertz CT molecular complexity index is 644. The van der Waals surface area contributed by atoms with Crippen LogP contribution in [0.4, 0.5) is 5.82 Å². The molecule has 30 heavy (non-hydrogen) atoms. The number of aromatic nitrogens is 1. The van der Waals surface area contributed by atoms with E-state index >= 15 is 0 Å². The molecule has 1 aromatic heterocycles. The van der Waals surface area contributed by atoms with Crippen LogP contribution >= 0.6 is 24.0 Å². The van der Waals surface area contributed by atoms with Crippen molar-refractivity contribution in [3.63, 3.8) is 0 Å². The van der Waals surface area contributed by atoms with Gasteiger partial charge in [-0.3, -0.25) is 0 Å². The maximum atomic E-state index is 6.15. The van der Waals surface area contributed by atoms with Crippen LogP contribution in [-0.2, 0) is 16.0 Å². The van der Waals surface area contributed by atoms with Crippen LogP contribution < -0.4 is 10.2 Å². The second-order valence-corrected chi connectivity index (χ2v) is 8.10. The minimum atomic E-state index is 0. The molecule has 2 aliphatic heterocycles. The van der Waals surface area contributed by atoms with Gasteiger partial charge in [0.05, 0.1) is 25.4 Å². The maximum absolute atomic E-state index is 6.15. The highest BCUT2D eigenvalue weighted by Crippen LogP contribution is 2.18. The molecule has 1 N–H and O–H groups in total. The number of nitrogens with one attached hydrogen (secondary N) is 1. The van der Waals surface area contributed by atoms with Crippen molar-refractivity contribution in [3.05, 3.63) is 23.9 Å². The maximum Gasteiger partial charge on any atom is 0.194 e. The number of nitrogens with zero attached hydrogens (tertiary/aromatic N) is 4. The Balaban J connectivity index is 0.00000320. The number of rotatable bonds is 7. The topological polar surface area (TPSA) is 62.2 Å². The average molecular weight is 531 g/mol. The van der Waals surface area contributed by atoms with Crippen LogP contribution in [0.1, 0.15) is 44.6 Å². The number of likely N-dealkylation sites (tertiary alicyclic amines) is 1. The number of hydrogen-bond donors (Lipinski definition) is 1. The lowest BCUT2D eigenvalue weighted by molar-refractivity contribution is -0.0721. The van der Waals surface area contributed by atoms with Crippen molar-refractivity contribution >= 4 is 35.8 Å². The minimum Gasteiger partial charge on any atom is -0.376 e. The van der Waals surface area contributed by atoms with Crippen LogP contribution in [0.3, 0.4) is 0 Å². The summed E-state index contributed by atoms with van der Waals surface area (Å²) < 4.78 is 11.9. The lowest BCUT2D eigenvalue weighted by Crippen LogP contribution is -2.47. The molecule has 2 fully saturated rings. The van der Waals surface area contributed by atoms with Gasteiger partial charge in [0.2, 0.25) is 0 Å². The smallest absolute Gasteiger partial charge is 0.194 e. The summed E-state index contributed by atoms with van der Waals surface area (Å²) >= 11 is 0. The van der Waals surface area contributed by atoms with Crippen LogP contribution in [0.5, 0.6) is 0 Å². The molecule has 0 bridgehead atoms. The number of aliphatic imine (C=N–C) groups is 1. The highest BCUT2D eigenvalue weighted by Gasteiger charge is 2.23. The van der Waals surface area contributed by atoms with Crippen LogP contribution in [0.25, 0.3) is 0 Å². The number of anilines is 1.